The largest absolute Gasteiger partial charge is 0.465 e. The molecule has 0 aliphatic heterocycles. The van der Waals surface area contributed by atoms with E-state index in [9.17, 15) is 9.59 Å². The van der Waals surface area contributed by atoms with Crippen LogP contribution >= 0.6 is 0 Å². The van der Waals surface area contributed by atoms with Gasteiger partial charge < -0.3 is 15.8 Å². The third kappa shape index (κ3) is 3.95. The Kier molecular flexibility index (Phi) is 4.25. The van der Waals surface area contributed by atoms with Crippen molar-refractivity contribution in [3.8, 4) is 0 Å². The first-order valence-corrected chi connectivity index (χ1v) is 4.69. The molecule has 0 radical (unpaired) electrons. The standard InChI is InChI=1S/C8H13N5O3/c1-2-16-7(15)3-10-6(14)4-13-5-11-8(9)12-13/h5H,2-4H2,1H3,(H2,9,12)(H,10,14). The lowest BCUT2D eigenvalue weighted by molar-refractivity contribution is -0.143. The van der Waals surface area contributed by atoms with Crippen molar-refractivity contribution < 1.29 is 14.3 Å². The van der Waals surface area contributed by atoms with E-state index in [0.717, 1.165) is 0 Å². The number of anilines is 1. The van der Waals surface area contributed by atoms with E-state index in [4.69, 9.17) is 5.73 Å². The summed E-state index contributed by atoms with van der Waals surface area (Å²) in [7, 11) is 0. The van der Waals surface area contributed by atoms with Crippen molar-refractivity contribution >= 4 is 17.8 Å². The van der Waals surface area contributed by atoms with Crippen LogP contribution in [-0.4, -0.2) is 39.8 Å². The van der Waals surface area contributed by atoms with Gasteiger partial charge in [-0.2, -0.15) is 0 Å². The molecule has 1 heterocycles. The summed E-state index contributed by atoms with van der Waals surface area (Å²) >= 11 is 0. The zero-order valence-corrected chi connectivity index (χ0v) is 8.84. The molecule has 1 amide bonds. The molecule has 16 heavy (non-hydrogen) atoms. The average molecular weight is 227 g/mol. The highest BCUT2D eigenvalue weighted by Gasteiger charge is 2.07. The summed E-state index contributed by atoms with van der Waals surface area (Å²) in [5.41, 5.74) is 5.27. The molecule has 0 aliphatic carbocycles. The Balaban J connectivity index is 2.28. The van der Waals surface area contributed by atoms with Crippen molar-refractivity contribution in [3.63, 3.8) is 0 Å². The Morgan fingerprint density at radius 3 is 2.94 bits per heavy atom. The number of carbonyl (C=O) groups excluding carboxylic acids is 2. The van der Waals surface area contributed by atoms with Crippen LogP contribution in [-0.2, 0) is 20.9 Å². The number of aromatic nitrogens is 3. The van der Waals surface area contributed by atoms with Crippen LogP contribution in [0.15, 0.2) is 6.33 Å². The van der Waals surface area contributed by atoms with E-state index in [2.05, 4.69) is 20.1 Å². The normalized spacial score (nSPS) is 9.81. The molecule has 1 rings (SSSR count). The van der Waals surface area contributed by atoms with E-state index in [-0.39, 0.29) is 31.6 Å². The molecular formula is C8H13N5O3. The summed E-state index contributed by atoms with van der Waals surface area (Å²) in [6.07, 6.45) is 1.33. The van der Waals surface area contributed by atoms with E-state index in [1.807, 2.05) is 0 Å². The van der Waals surface area contributed by atoms with Crippen molar-refractivity contribution in [2.24, 2.45) is 0 Å². The van der Waals surface area contributed by atoms with Crippen LogP contribution < -0.4 is 11.1 Å². The zero-order chi connectivity index (χ0) is 12.0. The van der Waals surface area contributed by atoms with Gasteiger partial charge in [0.1, 0.15) is 19.4 Å². The van der Waals surface area contributed by atoms with Gasteiger partial charge in [-0.15, -0.1) is 5.10 Å². The highest BCUT2D eigenvalue weighted by Crippen LogP contribution is 1.88. The van der Waals surface area contributed by atoms with Gasteiger partial charge in [0.05, 0.1) is 6.61 Å². The number of nitrogen functional groups attached to an aromatic ring is 1. The van der Waals surface area contributed by atoms with Gasteiger partial charge in [0.2, 0.25) is 11.9 Å². The monoisotopic (exact) mass is 227 g/mol. The van der Waals surface area contributed by atoms with Gasteiger partial charge in [0, 0.05) is 0 Å². The minimum atomic E-state index is -0.478. The number of hydrogen-bond acceptors (Lipinski definition) is 6. The van der Waals surface area contributed by atoms with Crippen molar-refractivity contribution in [2.45, 2.75) is 13.5 Å². The summed E-state index contributed by atoms with van der Waals surface area (Å²) in [5, 5.41) is 6.10. The Labute approximate surface area is 91.8 Å². The number of nitrogens with one attached hydrogen (secondary N) is 1. The number of hydrogen-bond donors (Lipinski definition) is 2. The van der Waals surface area contributed by atoms with Crippen LogP contribution in [0, 0.1) is 0 Å². The van der Waals surface area contributed by atoms with Crippen molar-refractivity contribution in [1.29, 1.82) is 0 Å². The Bertz CT molecular complexity index is 376. The van der Waals surface area contributed by atoms with Gasteiger partial charge in [-0.1, -0.05) is 0 Å². The van der Waals surface area contributed by atoms with Gasteiger partial charge in [-0.25, -0.2) is 9.67 Å². The lowest BCUT2D eigenvalue weighted by Crippen LogP contribution is -2.33. The molecule has 0 aromatic carbocycles. The van der Waals surface area contributed by atoms with Crippen LogP contribution in [0.3, 0.4) is 0 Å². The fraction of sp³-hybridized carbons (Fsp3) is 0.500. The molecule has 0 saturated carbocycles. The van der Waals surface area contributed by atoms with Gasteiger partial charge in [0.25, 0.3) is 0 Å². The topological polar surface area (TPSA) is 112 Å². The van der Waals surface area contributed by atoms with Crippen LogP contribution in [0.25, 0.3) is 0 Å². The SMILES string of the molecule is CCOC(=O)CNC(=O)Cn1cnc(N)n1. The first-order chi connectivity index (χ1) is 7.61. The van der Waals surface area contributed by atoms with Gasteiger partial charge >= 0.3 is 5.97 Å². The Hall–Kier alpha value is -2.12. The van der Waals surface area contributed by atoms with Crippen LogP contribution in [0.5, 0.6) is 0 Å². The maximum Gasteiger partial charge on any atom is 0.325 e. The number of rotatable bonds is 5. The summed E-state index contributed by atoms with van der Waals surface area (Å²) in [6.45, 7) is 1.78. The van der Waals surface area contributed by atoms with Crippen LogP contribution in [0.4, 0.5) is 5.95 Å². The number of carbonyl (C=O) groups is 2. The smallest absolute Gasteiger partial charge is 0.325 e. The number of nitrogens with two attached hydrogens (primary N) is 1. The molecule has 0 bridgehead atoms. The maximum atomic E-state index is 11.3. The fourth-order valence-electron chi connectivity index (χ4n) is 0.971. The average Bonchev–Trinajstić information content (AvgIpc) is 2.61. The summed E-state index contributed by atoms with van der Waals surface area (Å²) < 4.78 is 5.91. The number of esters is 1. The summed E-state index contributed by atoms with van der Waals surface area (Å²) in [5.74, 6) is -0.745. The number of ether oxygens (including phenoxy) is 1. The Morgan fingerprint density at radius 2 is 2.38 bits per heavy atom. The third-order valence-electron chi connectivity index (χ3n) is 1.60. The summed E-state index contributed by atoms with van der Waals surface area (Å²) in [4.78, 5) is 25.8. The van der Waals surface area contributed by atoms with Crippen molar-refractivity contribution in [3.05, 3.63) is 6.33 Å². The molecule has 3 N–H and O–H groups in total. The first kappa shape index (κ1) is 12.0. The van der Waals surface area contributed by atoms with E-state index in [1.54, 1.807) is 6.92 Å². The van der Waals surface area contributed by atoms with Crippen molar-refractivity contribution in [2.75, 3.05) is 18.9 Å². The highest BCUT2D eigenvalue weighted by atomic mass is 16.5. The maximum absolute atomic E-state index is 11.3. The molecular weight excluding hydrogens is 214 g/mol. The molecule has 88 valence electrons. The molecule has 8 nitrogen and oxygen atoms in total. The van der Waals surface area contributed by atoms with Crippen LogP contribution in [0.2, 0.25) is 0 Å². The molecule has 0 unspecified atom stereocenters. The Morgan fingerprint density at radius 1 is 1.62 bits per heavy atom. The van der Waals surface area contributed by atoms with Crippen molar-refractivity contribution in [1.82, 2.24) is 20.1 Å². The van der Waals surface area contributed by atoms with Gasteiger partial charge in [0.15, 0.2) is 0 Å². The van der Waals surface area contributed by atoms with E-state index in [0.29, 0.717) is 0 Å². The lowest BCUT2D eigenvalue weighted by Gasteiger charge is -2.04. The quantitative estimate of drug-likeness (QED) is 0.594. The second-order valence-corrected chi connectivity index (χ2v) is 2.88. The first-order valence-electron chi connectivity index (χ1n) is 4.69. The second-order valence-electron chi connectivity index (χ2n) is 2.88. The summed E-state index contributed by atoms with van der Waals surface area (Å²) in [6, 6.07) is 0. The molecule has 1 aromatic rings. The molecule has 8 heteroatoms. The lowest BCUT2D eigenvalue weighted by atomic mass is 10.5. The molecule has 0 aliphatic rings. The predicted molar refractivity (Wildman–Crippen MR) is 54.1 cm³/mol. The van der Waals surface area contributed by atoms with Gasteiger partial charge in [-0.3, -0.25) is 9.59 Å². The number of nitrogens with zero attached hydrogens (tertiary/aromatic N) is 3. The molecule has 0 saturated heterocycles. The molecule has 1 aromatic heterocycles. The van der Waals surface area contributed by atoms with Crippen LogP contribution in [0.1, 0.15) is 6.92 Å². The number of amides is 1. The van der Waals surface area contributed by atoms with E-state index in [1.165, 1.54) is 11.0 Å². The molecule has 0 fully saturated rings. The predicted octanol–water partition coefficient (Wildman–Crippen LogP) is -1.46. The van der Waals surface area contributed by atoms with E-state index >= 15 is 0 Å². The van der Waals surface area contributed by atoms with Gasteiger partial charge in [-0.05, 0) is 6.92 Å². The third-order valence-corrected chi connectivity index (χ3v) is 1.60. The van der Waals surface area contributed by atoms with E-state index < -0.39 is 5.97 Å². The second kappa shape index (κ2) is 5.69. The highest BCUT2D eigenvalue weighted by molar-refractivity contribution is 5.81. The minimum absolute atomic E-state index is 0.0381. The zero-order valence-electron chi connectivity index (χ0n) is 8.84. The minimum Gasteiger partial charge on any atom is -0.465 e. The fourth-order valence-corrected chi connectivity index (χ4v) is 0.971. The molecule has 0 spiro atoms. The molecule has 0 atom stereocenters.